The van der Waals surface area contributed by atoms with Crippen molar-refractivity contribution in [1.29, 1.82) is 0 Å². The van der Waals surface area contributed by atoms with E-state index in [0.29, 0.717) is 6.04 Å². The fourth-order valence-electron chi connectivity index (χ4n) is 3.30. The van der Waals surface area contributed by atoms with Gasteiger partial charge in [-0.05, 0) is 18.9 Å². The summed E-state index contributed by atoms with van der Waals surface area (Å²) in [5.41, 5.74) is 1.53. The zero-order chi connectivity index (χ0) is 16.8. The molecule has 0 unspecified atom stereocenters. The predicted molar refractivity (Wildman–Crippen MR) is 91.8 cm³/mol. The van der Waals surface area contributed by atoms with Gasteiger partial charge in [0.15, 0.2) is 0 Å². The van der Waals surface area contributed by atoms with Gasteiger partial charge in [0.25, 0.3) is 5.91 Å². The third-order valence-electron chi connectivity index (χ3n) is 4.56. The molecule has 2 aromatic heterocycles. The fourth-order valence-corrected chi connectivity index (χ4v) is 3.30. The largest absolute Gasteiger partial charge is 0.343 e. The number of fused-ring (bicyclic) bond motifs is 1. The number of nitrogens with zero attached hydrogens (tertiary/aromatic N) is 4. The van der Waals surface area contributed by atoms with E-state index < -0.39 is 0 Å². The van der Waals surface area contributed by atoms with Gasteiger partial charge in [0, 0.05) is 37.1 Å². The molecule has 2 aromatic rings. The lowest BCUT2D eigenvalue weighted by Crippen LogP contribution is -2.26. The van der Waals surface area contributed by atoms with Crippen LogP contribution in [0.4, 0.5) is 0 Å². The minimum atomic E-state index is -0.106. The molecule has 0 bridgehead atoms. The SMILES string of the molecule is CN(C)C(=O)c1cc2cnc(C(C)(C)C)nc2n1C1CCCC1. The van der Waals surface area contributed by atoms with Crippen molar-refractivity contribution < 1.29 is 4.79 Å². The molecule has 1 fully saturated rings. The lowest BCUT2D eigenvalue weighted by molar-refractivity contribution is 0.0815. The molecule has 5 heteroatoms. The van der Waals surface area contributed by atoms with Gasteiger partial charge in [0.05, 0.1) is 0 Å². The summed E-state index contributed by atoms with van der Waals surface area (Å²) in [4.78, 5) is 23.6. The Bertz CT molecular complexity index is 733. The normalized spacial score (nSPS) is 16.2. The van der Waals surface area contributed by atoms with Crippen molar-refractivity contribution in [2.24, 2.45) is 0 Å². The fraction of sp³-hybridized carbons (Fsp3) is 0.611. The number of amides is 1. The Hall–Kier alpha value is -1.91. The average Bonchev–Trinajstić information content (AvgIpc) is 3.11. The number of carbonyl (C=O) groups excluding carboxylic acids is 1. The molecule has 3 rings (SSSR count). The molecule has 0 aliphatic heterocycles. The summed E-state index contributed by atoms with van der Waals surface area (Å²) < 4.78 is 2.17. The number of carbonyl (C=O) groups is 1. The zero-order valence-electron chi connectivity index (χ0n) is 14.8. The molecule has 0 radical (unpaired) electrons. The van der Waals surface area contributed by atoms with E-state index in [-0.39, 0.29) is 11.3 Å². The summed E-state index contributed by atoms with van der Waals surface area (Å²) in [5.74, 6) is 0.860. The molecular weight excluding hydrogens is 288 g/mol. The maximum absolute atomic E-state index is 12.6. The lowest BCUT2D eigenvalue weighted by atomic mass is 9.96. The minimum Gasteiger partial charge on any atom is -0.343 e. The van der Waals surface area contributed by atoms with Crippen molar-refractivity contribution in [1.82, 2.24) is 19.4 Å². The van der Waals surface area contributed by atoms with Crippen molar-refractivity contribution in [3.05, 3.63) is 23.8 Å². The van der Waals surface area contributed by atoms with E-state index in [2.05, 4.69) is 30.3 Å². The monoisotopic (exact) mass is 314 g/mol. The van der Waals surface area contributed by atoms with Crippen LogP contribution >= 0.6 is 0 Å². The number of hydrogen-bond acceptors (Lipinski definition) is 3. The van der Waals surface area contributed by atoms with Crippen LogP contribution in [0.25, 0.3) is 11.0 Å². The highest BCUT2D eigenvalue weighted by Gasteiger charge is 2.27. The highest BCUT2D eigenvalue weighted by Crippen LogP contribution is 2.35. The van der Waals surface area contributed by atoms with Gasteiger partial charge < -0.3 is 9.47 Å². The van der Waals surface area contributed by atoms with Crippen LogP contribution in [0.15, 0.2) is 12.3 Å². The quantitative estimate of drug-likeness (QED) is 0.852. The van der Waals surface area contributed by atoms with Crippen LogP contribution in [0.2, 0.25) is 0 Å². The number of rotatable bonds is 2. The molecule has 1 amide bonds. The van der Waals surface area contributed by atoms with Crippen molar-refractivity contribution in [3.8, 4) is 0 Å². The predicted octanol–water partition coefficient (Wildman–Crippen LogP) is 3.55. The van der Waals surface area contributed by atoms with Crippen molar-refractivity contribution in [3.63, 3.8) is 0 Å². The van der Waals surface area contributed by atoms with Crippen LogP contribution in [0, 0.1) is 0 Å². The standard InChI is InChI=1S/C18H26N4O/c1-18(2,3)17-19-11-12-10-14(16(23)21(4)5)22(15(12)20-17)13-8-6-7-9-13/h10-11,13H,6-9H2,1-5H3. The van der Waals surface area contributed by atoms with E-state index in [1.54, 1.807) is 19.0 Å². The van der Waals surface area contributed by atoms with E-state index >= 15 is 0 Å². The van der Waals surface area contributed by atoms with Gasteiger partial charge in [-0.1, -0.05) is 33.6 Å². The molecule has 23 heavy (non-hydrogen) atoms. The van der Waals surface area contributed by atoms with Crippen LogP contribution in [0.5, 0.6) is 0 Å². The maximum Gasteiger partial charge on any atom is 0.270 e. The van der Waals surface area contributed by atoms with Crippen LogP contribution in [-0.2, 0) is 5.41 Å². The van der Waals surface area contributed by atoms with E-state index in [0.717, 1.165) is 35.4 Å². The molecule has 1 aliphatic carbocycles. The molecule has 1 aliphatic rings. The van der Waals surface area contributed by atoms with E-state index in [1.807, 2.05) is 12.3 Å². The second-order valence-corrected chi connectivity index (χ2v) is 7.76. The average molecular weight is 314 g/mol. The number of aromatic nitrogens is 3. The molecule has 1 saturated carbocycles. The molecule has 2 heterocycles. The summed E-state index contributed by atoms with van der Waals surface area (Å²) in [6, 6.07) is 2.32. The van der Waals surface area contributed by atoms with Crippen LogP contribution in [-0.4, -0.2) is 39.4 Å². The van der Waals surface area contributed by atoms with Gasteiger partial charge in [0.2, 0.25) is 0 Å². The minimum absolute atomic E-state index is 0.0345. The second-order valence-electron chi connectivity index (χ2n) is 7.76. The molecule has 0 spiro atoms. The summed E-state index contributed by atoms with van der Waals surface area (Å²) in [6.45, 7) is 6.34. The molecule has 0 aromatic carbocycles. The summed E-state index contributed by atoms with van der Waals surface area (Å²) >= 11 is 0. The van der Waals surface area contributed by atoms with Gasteiger partial charge in [-0.2, -0.15) is 0 Å². The van der Waals surface area contributed by atoms with E-state index in [4.69, 9.17) is 4.98 Å². The molecule has 0 saturated heterocycles. The first kappa shape index (κ1) is 16.0. The smallest absolute Gasteiger partial charge is 0.270 e. The van der Waals surface area contributed by atoms with Crippen molar-refractivity contribution >= 4 is 16.9 Å². The van der Waals surface area contributed by atoms with Crippen molar-refractivity contribution in [2.45, 2.75) is 57.9 Å². The first-order chi connectivity index (χ1) is 10.8. The Morgan fingerprint density at radius 3 is 2.48 bits per heavy atom. The Kier molecular flexibility index (Phi) is 3.90. The number of hydrogen-bond donors (Lipinski definition) is 0. The molecule has 0 N–H and O–H groups in total. The van der Waals surface area contributed by atoms with Crippen LogP contribution in [0.3, 0.4) is 0 Å². The van der Waals surface area contributed by atoms with Crippen molar-refractivity contribution in [2.75, 3.05) is 14.1 Å². The molecule has 0 atom stereocenters. The first-order valence-electron chi connectivity index (χ1n) is 8.39. The van der Waals surface area contributed by atoms with Gasteiger partial charge in [-0.25, -0.2) is 9.97 Å². The Labute approximate surface area is 137 Å². The van der Waals surface area contributed by atoms with Gasteiger partial charge >= 0.3 is 0 Å². The van der Waals surface area contributed by atoms with E-state index in [9.17, 15) is 4.79 Å². The summed E-state index contributed by atoms with van der Waals surface area (Å²) in [7, 11) is 3.59. The summed E-state index contributed by atoms with van der Waals surface area (Å²) in [6.07, 6.45) is 6.54. The highest BCUT2D eigenvalue weighted by molar-refractivity contribution is 5.97. The van der Waals surface area contributed by atoms with Crippen LogP contribution in [0.1, 0.15) is 68.8 Å². The molecular formula is C18H26N4O. The molecule has 5 nitrogen and oxygen atoms in total. The lowest BCUT2D eigenvalue weighted by Gasteiger charge is -2.20. The van der Waals surface area contributed by atoms with Gasteiger partial charge in [-0.3, -0.25) is 4.79 Å². The Morgan fingerprint density at radius 1 is 1.26 bits per heavy atom. The second kappa shape index (κ2) is 5.62. The molecule has 124 valence electrons. The van der Waals surface area contributed by atoms with Crippen LogP contribution < -0.4 is 0 Å². The third-order valence-corrected chi connectivity index (χ3v) is 4.56. The Balaban J connectivity index is 2.22. The first-order valence-corrected chi connectivity index (χ1v) is 8.39. The zero-order valence-corrected chi connectivity index (χ0v) is 14.8. The topological polar surface area (TPSA) is 51.0 Å². The maximum atomic E-state index is 12.6. The Morgan fingerprint density at radius 2 is 1.91 bits per heavy atom. The highest BCUT2D eigenvalue weighted by atomic mass is 16.2. The summed E-state index contributed by atoms with van der Waals surface area (Å²) in [5, 5.41) is 0.954. The third kappa shape index (κ3) is 2.84. The van der Waals surface area contributed by atoms with E-state index in [1.165, 1.54) is 12.8 Å². The van der Waals surface area contributed by atoms with Gasteiger partial charge in [0.1, 0.15) is 17.2 Å². The van der Waals surface area contributed by atoms with Gasteiger partial charge in [-0.15, -0.1) is 0 Å².